The summed E-state index contributed by atoms with van der Waals surface area (Å²) in [4.78, 5) is 2.35. The minimum atomic E-state index is -3.49. The lowest BCUT2D eigenvalue weighted by Crippen LogP contribution is -2.47. The number of aryl methyl sites for hydroxylation is 1. The molecule has 1 fully saturated rings. The SMILES string of the molecule is Cc1cc(Cl)c(Cl)cc1S(=O)(=O)N1CCN(C)CC1. The van der Waals surface area contributed by atoms with Crippen LogP contribution in [-0.2, 0) is 10.0 Å². The monoisotopic (exact) mass is 322 g/mol. The summed E-state index contributed by atoms with van der Waals surface area (Å²) in [7, 11) is -1.51. The molecule has 0 spiro atoms. The topological polar surface area (TPSA) is 40.6 Å². The van der Waals surface area contributed by atoms with Crippen LogP contribution in [0.2, 0.25) is 10.0 Å². The first-order chi connectivity index (χ1) is 8.82. The molecule has 0 saturated carbocycles. The van der Waals surface area contributed by atoms with Gasteiger partial charge in [-0.15, -0.1) is 0 Å². The number of likely N-dealkylation sites (N-methyl/N-ethyl adjacent to an activating group) is 1. The van der Waals surface area contributed by atoms with Crippen LogP contribution in [0.15, 0.2) is 17.0 Å². The zero-order chi connectivity index (χ0) is 14.2. The van der Waals surface area contributed by atoms with Crippen LogP contribution in [0, 0.1) is 6.92 Å². The van der Waals surface area contributed by atoms with Crippen molar-refractivity contribution in [2.75, 3.05) is 33.2 Å². The molecule has 0 aromatic heterocycles. The van der Waals surface area contributed by atoms with E-state index >= 15 is 0 Å². The van der Waals surface area contributed by atoms with Crippen LogP contribution < -0.4 is 0 Å². The average Bonchev–Trinajstić information content (AvgIpc) is 2.34. The summed E-state index contributed by atoms with van der Waals surface area (Å²) in [6, 6.07) is 3.03. The number of rotatable bonds is 2. The minimum Gasteiger partial charge on any atom is -0.304 e. The van der Waals surface area contributed by atoms with Crippen molar-refractivity contribution >= 4 is 33.2 Å². The lowest BCUT2D eigenvalue weighted by molar-refractivity contribution is 0.222. The number of halogens is 2. The second-order valence-corrected chi connectivity index (χ2v) is 7.46. The van der Waals surface area contributed by atoms with E-state index in [1.807, 2.05) is 7.05 Å². The first kappa shape index (κ1) is 15.1. The summed E-state index contributed by atoms with van der Waals surface area (Å²) < 4.78 is 26.7. The molecule has 1 aromatic carbocycles. The summed E-state index contributed by atoms with van der Waals surface area (Å²) in [5, 5.41) is 0.636. The molecule has 0 atom stereocenters. The summed E-state index contributed by atoms with van der Waals surface area (Å²) in [6.07, 6.45) is 0. The third-order valence-electron chi connectivity index (χ3n) is 3.30. The van der Waals surface area contributed by atoms with Crippen molar-refractivity contribution in [2.45, 2.75) is 11.8 Å². The molecule has 106 valence electrons. The third-order valence-corrected chi connectivity index (χ3v) is 6.06. The van der Waals surface area contributed by atoms with Gasteiger partial charge >= 0.3 is 0 Å². The Balaban J connectivity index is 2.37. The van der Waals surface area contributed by atoms with Crippen molar-refractivity contribution in [3.63, 3.8) is 0 Å². The van der Waals surface area contributed by atoms with Crippen molar-refractivity contribution in [2.24, 2.45) is 0 Å². The van der Waals surface area contributed by atoms with Gasteiger partial charge in [-0.3, -0.25) is 0 Å². The van der Waals surface area contributed by atoms with Crippen LogP contribution in [0.1, 0.15) is 5.56 Å². The molecule has 1 aliphatic heterocycles. The quantitative estimate of drug-likeness (QED) is 0.838. The van der Waals surface area contributed by atoms with Crippen LogP contribution >= 0.6 is 23.2 Å². The van der Waals surface area contributed by atoms with Crippen molar-refractivity contribution < 1.29 is 8.42 Å². The fraction of sp³-hybridized carbons (Fsp3) is 0.500. The highest BCUT2D eigenvalue weighted by Gasteiger charge is 2.29. The molecule has 19 heavy (non-hydrogen) atoms. The molecule has 0 bridgehead atoms. The van der Waals surface area contributed by atoms with Crippen LogP contribution in [0.3, 0.4) is 0 Å². The first-order valence-corrected chi connectivity index (χ1v) is 8.16. The maximum atomic E-state index is 12.6. The Morgan fingerprint density at radius 3 is 2.16 bits per heavy atom. The molecule has 1 heterocycles. The lowest BCUT2D eigenvalue weighted by atomic mass is 10.2. The summed E-state index contributed by atoms with van der Waals surface area (Å²) in [5.41, 5.74) is 0.619. The summed E-state index contributed by atoms with van der Waals surface area (Å²) >= 11 is 11.8. The molecular weight excluding hydrogens is 307 g/mol. The first-order valence-electron chi connectivity index (χ1n) is 5.96. The van der Waals surface area contributed by atoms with Crippen LogP contribution in [0.4, 0.5) is 0 Å². The molecule has 1 aliphatic rings. The Bertz CT molecular complexity index is 582. The van der Waals surface area contributed by atoms with E-state index in [1.165, 1.54) is 10.4 Å². The van der Waals surface area contributed by atoms with Crippen molar-refractivity contribution in [3.05, 3.63) is 27.7 Å². The van der Waals surface area contributed by atoms with E-state index in [4.69, 9.17) is 23.2 Å². The predicted octanol–water partition coefficient (Wildman–Crippen LogP) is 2.24. The second kappa shape index (κ2) is 5.58. The molecule has 0 unspecified atom stereocenters. The Kier molecular flexibility index (Phi) is 4.42. The van der Waals surface area contributed by atoms with Gasteiger partial charge in [0.25, 0.3) is 0 Å². The van der Waals surface area contributed by atoms with Gasteiger partial charge in [-0.05, 0) is 31.7 Å². The van der Waals surface area contributed by atoms with Gasteiger partial charge in [-0.25, -0.2) is 8.42 Å². The molecule has 0 radical (unpaired) electrons. The van der Waals surface area contributed by atoms with Crippen molar-refractivity contribution in [1.29, 1.82) is 0 Å². The number of hydrogen-bond acceptors (Lipinski definition) is 3. The van der Waals surface area contributed by atoms with E-state index in [0.29, 0.717) is 23.7 Å². The van der Waals surface area contributed by atoms with Gasteiger partial charge in [0.1, 0.15) is 0 Å². The van der Waals surface area contributed by atoms with Crippen LogP contribution in [0.25, 0.3) is 0 Å². The molecule has 0 N–H and O–H groups in total. The van der Waals surface area contributed by atoms with Gasteiger partial charge in [0.2, 0.25) is 10.0 Å². The van der Waals surface area contributed by atoms with Crippen molar-refractivity contribution in [1.82, 2.24) is 9.21 Å². The Hall–Kier alpha value is -0.330. The zero-order valence-corrected chi connectivity index (χ0v) is 13.2. The fourth-order valence-electron chi connectivity index (χ4n) is 2.07. The van der Waals surface area contributed by atoms with Gasteiger partial charge in [0.15, 0.2) is 0 Å². The highest BCUT2D eigenvalue weighted by molar-refractivity contribution is 7.89. The molecule has 0 aliphatic carbocycles. The number of nitrogens with zero attached hydrogens (tertiary/aromatic N) is 2. The maximum absolute atomic E-state index is 12.6. The molecule has 1 aromatic rings. The molecular formula is C12H16Cl2N2O2S. The van der Waals surface area contributed by atoms with E-state index in [2.05, 4.69) is 4.90 Å². The van der Waals surface area contributed by atoms with Crippen LogP contribution in [-0.4, -0.2) is 50.8 Å². The van der Waals surface area contributed by atoms with Crippen molar-refractivity contribution in [3.8, 4) is 0 Å². The highest BCUT2D eigenvalue weighted by Crippen LogP contribution is 2.30. The zero-order valence-electron chi connectivity index (χ0n) is 10.9. The molecule has 2 rings (SSSR count). The van der Waals surface area contributed by atoms with E-state index < -0.39 is 10.0 Å². The Labute approximate surface area is 124 Å². The molecule has 7 heteroatoms. The summed E-state index contributed by atoms with van der Waals surface area (Å²) in [5.74, 6) is 0. The van der Waals surface area contributed by atoms with Gasteiger partial charge in [-0.1, -0.05) is 23.2 Å². The highest BCUT2D eigenvalue weighted by atomic mass is 35.5. The molecule has 1 saturated heterocycles. The normalized spacial score (nSPS) is 18.7. The van der Waals surface area contributed by atoms with E-state index in [1.54, 1.807) is 13.0 Å². The molecule has 4 nitrogen and oxygen atoms in total. The number of hydrogen-bond donors (Lipinski definition) is 0. The third kappa shape index (κ3) is 3.06. The lowest BCUT2D eigenvalue weighted by Gasteiger charge is -2.31. The standard InChI is InChI=1S/C12H16Cl2N2O2S/c1-9-7-10(13)11(14)8-12(9)19(17,18)16-5-3-15(2)4-6-16/h7-8H,3-6H2,1-2H3. The van der Waals surface area contributed by atoms with E-state index in [-0.39, 0.29) is 9.92 Å². The minimum absolute atomic E-state index is 0.242. The second-order valence-electron chi connectivity index (χ2n) is 4.74. The molecule has 0 amide bonds. The number of benzene rings is 1. The number of sulfonamides is 1. The average molecular weight is 323 g/mol. The van der Waals surface area contributed by atoms with Gasteiger partial charge in [-0.2, -0.15) is 4.31 Å². The van der Waals surface area contributed by atoms with Gasteiger partial charge in [0.05, 0.1) is 14.9 Å². The summed E-state index contributed by atoms with van der Waals surface area (Å²) in [6.45, 7) is 4.20. The number of piperazine rings is 1. The van der Waals surface area contributed by atoms with E-state index in [0.717, 1.165) is 13.1 Å². The van der Waals surface area contributed by atoms with Gasteiger partial charge in [0, 0.05) is 26.2 Å². The smallest absolute Gasteiger partial charge is 0.243 e. The Morgan fingerprint density at radius 2 is 1.58 bits per heavy atom. The fourth-order valence-corrected chi connectivity index (χ4v) is 4.17. The van der Waals surface area contributed by atoms with Gasteiger partial charge < -0.3 is 4.90 Å². The maximum Gasteiger partial charge on any atom is 0.243 e. The predicted molar refractivity (Wildman–Crippen MR) is 77.5 cm³/mol. The largest absolute Gasteiger partial charge is 0.304 e. The van der Waals surface area contributed by atoms with E-state index in [9.17, 15) is 8.42 Å². The van der Waals surface area contributed by atoms with Crippen LogP contribution in [0.5, 0.6) is 0 Å². The Morgan fingerprint density at radius 1 is 1.05 bits per heavy atom.